The van der Waals surface area contributed by atoms with Gasteiger partial charge in [-0.05, 0) is 54.2 Å². The predicted octanol–water partition coefficient (Wildman–Crippen LogP) is 4.70. The molecule has 1 aliphatic carbocycles. The molecule has 0 spiro atoms. The van der Waals surface area contributed by atoms with Crippen molar-refractivity contribution in [3.63, 3.8) is 0 Å². The van der Waals surface area contributed by atoms with Crippen LogP contribution in [0.25, 0.3) is 0 Å². The molecular weight excluding hydrogens is 220 g/mol. The van der Waals surface area contributed by atoms with Crippen molar-refractivity contribution in [1.82, 2.24) is 0 Å². The van der Waals surface area contributed by atoms with Gasteiger partial charge in [0.15, 0.2) is 5.78 Å². The van der Waals surface area contributed by atoms with Crippen molar-refractivity contribution in [3.8, 4) is 0 Å². The zero-order valence-corrected chi connectivity index (χ0v) is 12.2. The van der Waals surface area contributed by atoms with E-state index in [1.807, 2.05) is 6.07 Å². The van der Waals surface area contributed by atoms with Crippen molar-refractivity contribution < 1.29 is 4.79 Å². The molecule has 0 aromatic heterocycles. The summed E-state index contributed by atoms with van der Waals surface area (Å²) in [5.74, 6) is 1.41. The van der Waals surface area contributed by atoms with Crippen molar-refractivity contribution in [2.24, 2.45) is 5.92 Å². The van der Waals surface area contributed by atoms with E-state index >= 15 is 0 Å². The third-order valence-corrected chi connectivity index (χ3v) is 4.47. The summed E-state index contributed by atoms with van der Waals surface area (Å²) in [5.41, 5.74) is 3.96. The van der Waals surface area contributed by atoms with Crippen LogP contribution in [-0.4, -0.2) is 5.78 Å². The molecule has 2 rings (SSSR count). The lowest BCUT2D eigenvalue weighted by molar-refractivity contribution is 0.101. The summed E-state index contributed by atoms with van der Waals surface area (Å²) in [5, 5.41) is 0. The number of benzene rings is 1. The van der Waals surface area contributed by atoms with E-state index in [1.54, 1.807) is 6.92 Å². The normalized spacial score (nSPS) is 21.8. The van der Waals surface area contributed by atoms with E-state index in [9.17, 15) is 4.79 Å². The molecule has 1 aromatic rings. The molecule has 0 bridgehead atoms. The van der Waals surface area contributed by atoms with Crippen LogP contribution < -0.4 is 0 Å². The van der Waals surface area contributed by atoms with Gasteiger partial charge in [-0.2, -0.15) is 0 Å². The minimum absolute atomic E-state index is 0.170. The highest BCUT2D eigenvalue weighted by Gasteiger charge is 2.33. The van der Waals surface area contributed by atoms with Crippen LogP contribution in [0.1, 0.15) is 74.9 Å². The molecule has 0 saturated carbocycles. The van der Waals surface area contributed by atoms with Gasteiger partial charge in [0.1, 0.15) is 0 Å². The van der Waals surface area contributed by atoms with Gasteiger partial charge < -0.3 is 0 Å². The molecule has 0 fully saturated rings. The number of hydrogen-bond donors (Lipinski definition) is 0. The van der Waals surface area contributed by atoms with Gasteiger partial charge in [0.05, 0.1) is 0 Å². The maximum Gasteiger partial charge on any atom is 0.159 e. The number of fused-ring (bicyclic) bond motifs is 1. The average Bonchev–Trinajstić information content (AvgIpc) is 2.27. The quantitative estimate of drug-likeness (QED) is 0.689. The number of Topliss-reactive ketones (excluding diaryl/α,β-unsaturated/α-hetero) is 1. The van der Waals surface area contributed by atoms with Gasteiger partial charge in [-0.25, -0.2) is 0 Å². The monoisotopic (exact) mass is 244 g/mol. The Balaban J connectivity index is 2.57. The van der Waals surface area contributed by atoms with Crippen LogP contribution in [0.3, 0.4) is 0 Å². The molecule has 0 radical (unpaired) electrons. The molecular formula is C17H24O. The van der Waals surface area contributed by atoms with Gasteiger partial charge in [-0.3, -0.25) is 4.79 Å². The van der Waals surface area contributed by atoms with Crippen molar-refractivity contribution in [2.75, 3.05) is 0 Å². The number of ketones is 1. The molecule has 1 nitrogen and oxygen atoms in total. The number of rotatable bonds is 2. The lowest BCUT2D eigenvalue weighted by Gasteiger charge is -2.39. The molecule has 1 aromatic carbocycles. The van der Waals surface area contributed by atoms with Crippen LogP contribution >= 0.6 is 0 Å². The fourth-order valence-electron chi connectivity index (χ4n) is 3.20. The number of carbonyl (C=O) groups is 1. The maximum atomic E-state index is 11.6. The zero-order chi connectivity index (χ0) is 13.5. The molecule has 0 aliphatic heterocycles. The van der Waals surface area contributed by atoms with Gasteiger partial charge in [-0.1, -0.05) is 39.8 Å². The molecule has 1 heteroatoms. The summed E-state index contributed by atoms with van der Waals surface area (Å²) in [6, 6.07) is 6.31. The zero-order valence-electron chi connectivity index (χ0n) is 12.2. The number of hydrogen-bond acceptors (Lipinski definition) is 1. The highest BCUT2D eigenvalue weighted by atomic mass is 16.1. The van der Waals surface area contributed by atoms with E-state index in [-0.39, 0.29) is 11.2 Å². The minimum Gasteiger partial charge on any atom is -0.295 e. The van der Waals surface area contributed by atoms with Crippen molar-refractivity contribution in [3.05, 3.63) is 34.9 Å². The summed E-state index contributed by atoms with van der Waals surface area (Å²) >= 11 is 0. The first-order valence-corrected chi connectivity index (χ1v) is 6.98. The third kappa shape index (κ3) is 2.23. The van der Waals surface area contributed by atoms with E-state index in [4.69, 9.17) is 0 Å². The number of carbonyl (C=O) groups excluding carboxylic acids is 1. The highest BCUT2D eigenvalue weighted by molar-refractivity contribution is 5.94. The lowest BCUT2D eigenvalue weighted by Crippen LogP contribution is -2.28. The summed E-state index contributed by atoms with van der Waals surface area (Å²) in [4.78, 5) is 11.6. The Morgan fingerprint density at radius 1 is 1.33 bits per heavy atom. The van der Waals surface area contributed by atoms with Gasteiger partial charge in [-0.15, -0.1) is 0 Å². The summed E-state index contributed by atoms with van der Waals surface area (Å²) in [6.07, 6.45) is 2.47. The molecule has 1 aliphatic rings. The second-order valence-corrected chi connectivity index (χ2v) is 6.63. The van der Waals surface area contributed by atoms with E-state index < -0.39 is 0 Å². The Morgan fingerprint density at radius 2 is 2.00 bits per heavy atom. The van der Waals surface area contributed by atoms with Gasteiger partial charge >= 0.3 is 0 Å². The molecule has 98 valence electrons. The van der Waals surface area contributed by atoms with Crippen LogP contribution in [-0.2, 0) is 5.41 Å². The maximum absolute atomic E-state index is 11.6. The Hall–Kier alpha value is -1.11. The van der Waals surface area contributed by atoms with E-state index in [0.29, 0.717) is 11.8 Å². The van der Waals surface area contributed by atoms with Gasteiger partial charge in [0, 0.05) is 5.56 Å². The standard InChI is InChI=1S/C17H24O/c1-11(2)14-8-9-17(4,5)16-7-6-13(12(3)18)10-15(14)16/h6-7,10-11,14H,8-9H2,1-5H3. The Bertz CT molecular complexity index is 468. The van der Waals surface area contributed by atoms with Crippen molar-refractivity contribution >= 4 is 5.78 Å². The molecule has 0 heterocycles. The smallest absolute Gasteiger partial charge is 0.159 e. The second-order valence-electron chi connectivity index (χ2n) is 6.63. The van der Waals surface area contributed by atoms with Crippen LogP contribution in [0.4, 0.5) is 0 Å². The fraction of sp³-hybridized carbons (Fsp3) is 0.588. The van der Waals surface area contributed by atoms with Gasteiger partial charge in [0.25, 0.3) is 0 Å². The van der Waals surface area contributed by atoms with E-state index in [1.165, 1.54) is 24.0 Å². The topological polar surface area (TPSA) is 17.1 Å². The SMILES string of the molecule is CC(=O)c1ccc2c(c1)C(C(C)C)CCC2(C)C. The molecule has 0 amide bonds. The Labute approximate surface area is 111 Å². The van der Waals surface area contributed by atoms with Crippen molar-refractivity contribution in [2.45, 2.75) is 58.8 Å². The van der Waals surface area contributed by atoms with Crippen molar-refractivity contribution in [1.29, 1.82) is 0 Å². The summed E-state index contributed by atoms with van der Waals surface area (Å²) in [7, 11) is 0. The molecule has 1 atom stereocenters. The predicted molar refractivity (Wildman–Crippen MR) is 76.3 cm³/mol. The Kier molecular flexibility index (Phi) is 3.35. The highest BCUT2D eigenvalue weighted by Crippen LogP contribution is 2.45. The second kappa shape index (κ2) is 4.53. The minimum atomic E-state index is 0.170. The molecule has 18 heavy (non-hydrogen) atoms. The first kappa shape index (κ1) is 13.3. The van der Waals surface area contributed by atoms with E-state index in [0.717, 1.165) is 5.56 Å². The lowest BCUT2D eigenvalue weighted by atomic mass is 9.66. The molecule has 0 N–H and O–H groups in total. The first-order chi connectivity index (χ1) is 8.33. The largest absolute Gasteiger partial charge is 0.295 e. The Morgan fingerprint density at radius 3 is 2.56 bits per heavy atom. The van der Waals surface area contributed by atoms with Crippen LogP contribution in [0.15, 0.2) is 18.2 Å². The third-order valence-electron chi connectivity index (χ3n) is 4.47. The first-order valence-electron chi connectivity index (χ1n) is 6.98. The molecule has 0 saturated heterocycles. The average molecular weight is 244 g/mol. The van der Waals surface area contributed by atoms with Crippen LogP contribution in [0.2, 0.25) is 0 Å². The fourth-order valence-corrected chi connectivity index (χ4v) is 3.20. The summed E-state index contributed by atoms with van der Waals surface area (Å²) < 4.78 is 0. The van der Waals surface area contributed by atoms with E-state index in [2.05, 4.69) is 39.8 Å². The van der Waals surface area contributed by atoms with Gasteiger partial charge in [0.2, 0.25) is 0 Å². The van der Waals surface area contributed by atoms with Crippen LogP contribution in [0.5, 0.6) is 0 Å². The molecule has 1 unspecified atom stereocenters. The summed E-state index contributed by atoms with van der Waals surface area (Å²) in [6.45, 7) is 10.9. The van der Waals surface area contributed by atoms with Crippen LogP contribution in [0, 0.1) is 5.92 Å².